The van der Waals surface area contributed by atoms with Gasteiger partial charge in [0.25, 0.3) is 0 Å². The van der Waals surface area contributed by atoms with Crippen molar-refractivity contribution in [3.63, 3.8) is 0 Å². The molecular formula is C13H15ClN2O5. The van der Waals surface area contributed by atoms with E-state index in [0.717, 1.165) is 4.90 Å². The molecule has 1 aromatic rings. The molecule has 0 fully saturated rings. The normalized spacial score (nSPS) is 9.67. The van der Waals surface area contributed by atoms with Crippen LogP contribution in [0.3, 0.4) is 0 Å². The highest BCUT2D eigenvalue weighted by atomic mass is 35.5. The Balaban J connectivity index is 2.75. The first kappa shape index (κ1) is 16.8. The Kier molecular flexibility index (Phi) is 6.48. The molecule has 0 saturated heterocycles. The maximum atomic E-state index is 12.1. The van der Waals surface area contributed by atoms with Crippen LogP contribution in [0.2, 0.25) is 5.02 Å². The van der Waals surface area contributed by atoms with E-state index >= 15 is 0 Å². The molecule has 0 saturated carbocycles. The van der Waals surface area contributed by atoms with Gasteiger partial charge in [0.1, 0.15) is 13.1 Å². The number of esters is 2. The number of carbonyl (C=O) groups is 3. The molecule has 114 valence electrons. The van der Waals surface area contributed by atoms with Crippen LogP contribution in [0.4, 0.5) is 10.5 Å². The zero-order valence-electron chi connectivity index (χ0n) is 11.6. The average Bonchev–Trinajstić information content (AvgIpc) is 2.48. The van der Waals surface area contributed by atoms with Gasteiger partial charge in [-0.25, -0.2) is 4.79 Å². The van der Waals surface area contributed by atoms with Gasteiger partial charge in [-0.15, -0.1) is 0 Å². The second-order valence-electron chi connectivity index (χ2n) is 3.95. The van der Waals surface area contributed by atoms with Gasteiger partial charge in [0.05, 0.1) is 14.2 Å². The third kappa shape index (κ3) is 5.70. The maximum absolute atomic E-state index is 12.1. The summed E-state index contributed by atoms with van der Waals surface area (Å²) in [5.41, 5.74) is 0.476. The minimum Gasteiger partial charge on any atom is -0.468 e. The van der Waals surface area contributed by atoms with E-state index < -0.39 is 18.0 Å². The lowest BCUT2D eigenvalue weighted by Crippen LogP contribution is -2.42. The number of hydrogen-bond donors (Lipinski definition) is 1. The highest BCUT2D eigenvalue weighted by molar-refractivity contribution is 6.30. The van der Waals surface area contributed by atoms with Crippen LogP contribution in [0, 0.1) is 0 Å². The van der Waals surface area contributed by atoms with Crippen molar-refractivity contribution in [3.05, 3.63) is 29.3 Å². The first-order chi connectivity index (χ1) is 9.96. The monoisotopic (exact) mass is 314 g/mol. The molecule has 2 amide bonds. The molecule has 1 N–H and O–H groups in total. The second kappa shape index (κ2) is 8.11. The van der Waals surface area contributed by atoms with E-state index in [0.29, 0.717) is 10.7 Å². The van der Waals surface area contributed by atoms with E-state index in [-0.39, 0.29) is 13.1 Å². The predicted molar refractivity (Wildman–Crippen MR) is 76.1 cm³/mol. The molecule has 0 heterocycles. The smallest absolute Gasteiger partial charge is 0.325 e. The number of nitrogens with one attached hydrogen (secondary N) is 1. The summed E-state index contributed by atoms with van der Waals surface area (Å²) >= 11 is 5.74. The lowest BCUT2D eigenvalue weighted by atomic mass is 10.3. The lowest BCUT2D eigenvalue weighted by Gasteiger charge is -2.20. The third-order valence-electron chi connectivity index (χ3n) is 2.48. The van der Waals surface area contributed by atoms with Gasteiger partial charge in [0.2, 0.25) is 0 Å². The summed E-state index contributed by atoms with van der Waals surface area (Å²) in [6.07, 6.45) is 0. The summed E-state index contributed by atoms with van der Waals surface area (Å²) in [5, 5.41) is 3.06. The van der Waals surface area contributed by atoms with Crippen molar-refractivity contribution >= 4 is 35.3 Å². The van der Waals surface area contributed by atoms with Gasteiger partial charge in [0.15, 0.2) is 0 Å². The van der Waals surface area contributed by atoms with Gasteiger partial charge in [-0.3, -0.25) is 9.59 Å². The Morgan fingerprint density at radius 3 is 1.95 bits per heavy atom. The minimum atomic E-state index is -0.648. The van der Waals surface area contributed by atoms with E-state index in [1.807, 2.05) is 0 Å². The molecule has 0 spiro atoms. The maximum Gasteiger partial charge on any atom is 0.325 e. The summed E-state index contributed by atoms with van der Waals surface area (Å²) in [6.45, 7) is -0.740. The van der Waals surface area contributed by atoms with Gasteiger partial charge in [-0.05, 0) is 24.3 Å². The Hall–Kier alpha value is -2.28. The van der Waals surface area contributed by atoms with Crippen LogP contribution < -0.4 is 5.32 Å². The molecule has 1 rings (SSSR count). The molecule has 0 radical (unpaired) electrons. The van der Waals surface area contributed by atoms with E-state index in [9.17, 15) is 14.4 Å². The second-order valence-corrected chi connectivity index (χ2v) is 4.38. The Morgan fingerprint density at radius 2 is 1.52 bits per heavy atom. The molecule has 0 bridgehead atoms. The molecule has 0 unspecified atom stereocenters. The van der Waals surface area contributed by atoms with Crippen LogP contribution in [-0.4, -0.2) is 50.2 Å². The summed E-state index contributed by atoms with van der Waals surface area (Å²) in [7, 11) is 2.38. The van der Waals surface area contributed by atoms with Crippen molar-refractivity contribution in [1.82, 2.24) is 4.90 Å². The molecule has 21 heavy (non-hydrogen) atoms. The molecule has 7 nitrogen and oxygen atoms in total. The van der Waals surface area contributed by atoms with Crippen LogP contribution in [0.5, 0.6) is 0 Å². The molecule has 0 aliphatic rings. The number of nitrogens with zero attached hydrogens (tertiary/aromatic N) is 1. The van der Waals surface area contributed by atoms with Gasteiger partial charge in [0, 0.05) is 10.7 Å². The Labute approximate surface area is 126 Å². The highest BCUT2D eigenvalue weighted by Gasteiger charge is 2.21. The number of rotatable bonds is 5. The van der Waals surface area contributed by atoms with E-state index in [2.05, 4.69) is 14.8 Å². The molecule has 0 aliphatic heterocycles. The molecular weight excluding hydrogens is 300 g/mol. The fraction of sp³-hybridized carbons (Fsp3) is 0.308. The quantitative estimate of drug-likeness (QED) is 0.833. The number of anilines is 1. The van der Waals surface area contributed by atoms with Crippen LogP contribution in [0.15, 0.2) is 24.3 Å². The summed E-state index contributed by atoms with van der Waals surface area (Å²) < 4.78 is 8.96. The zero-order valence-corrected chi connectivity index (χ0v) is 12.3. The number of benzene rings is 1. The highest BCUT2D eigenvalue weighted by Crippen LogP contribution is 2.13. The number of urea groups is 1. The fourth-order valence-corrected chi connectivity index (χ4v) is 1.50. The fourth-order valence-electron chi connectivity index (χ4n) is 1.38. The molecule has 0 aromatic heterocycles. The number of halogens is 1. The lowest BCUT2D eigenvalue weighted by molar-refractivity contribution is -0.144. The van der Waals surface area contributed by atoms with Gasteiger partial charge in [-0.2, -0.15) is 0 Å². The topological polar surface area (TPSA) is 84.9 Å². The zero-order chi connectivity index (χ0) is 15.8. The van der Waals surface area contributed by atoms with Gasteiger partial charge >= 0.3 is 18.0 Å². The predicted octanol–water partition coefficient (Wildman–Crippen LogP) is 1.52. The van der Waals surface area contributed by atoms with Crippen LogP contribution in [0.25, 0.3) is 0 Å². The minimum absolute atomic E-state index is 0.370. The number of hydrogen-bond acceptors (Lipinski definition) is 5. The van der Waals surface area contributed by atoms with Crippen molar-refractivity contribution < 1.29 is 23.9 Å². The Bertz CT molecular complexity index is 500. The van der Waals surface area contributed by atoms with Crippen LogP contribution in [0.1, 0.15) is 0 Å². The van der Waals surface area contributed by atoms with Crippen LogP contribution in [-0.2, 0) is 19.1 Å². The first-order valence-corrected chi connectivity index (χ1v) is 6.29. The number of ether oxygens (including phenoxy) is 2. The third-order valence-corrected chi connectivity index (χ3v) is 2.73. The number of methoxy groups -OCH3 is 2. The Morgan fingerprint density at radius 1 is 1.05 bits per heavy atom. The molecule has 1 aromatic carbocycles. The summed E-state index contributed by atoms with van der Waals surface area (Å²) in [5.74, 6) is -1.30. The molecule has 0 atom stereocenters. The van der Waals surface area contributed by atoms with Crippen molar-refractivity contribution in [3.8, 4) is 0 Å². The van der Waals surface area contributed by atoms with Crippen molar-refractivity contribution in [2.75, 3.05) is 32.6 Å². The number of amides is 2. The van der Waals surface area contributed by atoms with E-state index in [4.69, 9.17) is 11.6 Å². The van der Waals surface area contributed by atoms with E-state index in [1.165, 1.54) is 14.2 Å². The van der Waals surface area contributed by atoms with Crippen LogP contribution >= 0.6 is 11.6 Å². The summed E-state index contributed by atoms with van der Waals surface area (Å²) in [6, 6.07) is 5.75. The molecule has 0 aliphatic carbocycles. The van der Waals surface area contributed by atoms with Crippen molar-refractivity contribution in [1.29, 1.82) is 0 Å². The van der Waals surface area contributed by atoms with Crippen molar-refractivity contribution in [2.24, 2.45) is 0 Å². The summed E-state index contributed by atoms with van der Waals surface area (Å²) in [4.78, 5) is 35.6. The van der Waals surface area contributed by atoms with Gasteiger partial charge in [-0.1, -0.05) is 11.6 Å². The SMILES string of the molecule is COC(=O)CN(CC(=O)OC)C(=O)Nc1ccc(Cl)cc1. The average molecular weight is 315 g/mol. The molecule has 8 heteroatoms. The largest absolute Gasteiger partial charge is 0.468 e. The standard InChI is InChI=1S/C13H15ClN2O5/c1-20-11(17)7-16(8-12(18)21-2)13(19)15-10-5-3-9(14)4-6-10/h3-6H,7-8H2,1-2H3,(H,15,19). The number of carbonyl (C=O) groups excluding carboxylic acids is 3. The first-order valence-electron chi connectivity index (χ1n) is 5.91. The van der Waals surface area contributed by atoms with Gasteiger partial charge < -0.3 is 19.7 Å². The van der Waals surface area contributed by atoms with E-state index in [1.54, 1.807) is 24.3 Å². The van der Waals surface area contributed by atoms with Crippen molar-refractivity contribution in [2.45, 2.75) is 0 Å².